The van der Waals surface area contributed by atoms with Gasteiger partial charge in [-0.15, -0.1) is 0 Å². The quantitative estimate of drug-likeness (QED) is 0.625. The molecule has 2 N–H and O–H groups in total. The molecule has 3 aromatic carbocycles. The highest BCUT2D eigenvalue weighted by atomic mass is 16.1. The van der Waals surface area contributed by atoms with Gasteiger partial charge in [-0.3, -0.25) is 9.69 Å². The predicted molar refractivity (Wildman–Crippen MR) is 127 cm³/mol. The first kappa shape index (κ1) is 21.1. The van der Waals surface area contributed by atoms with E-state index in [1.807, 2.05) is 30.3 Å². The molecule has 31 heavy (non-hydrogen) atoms. The van der Waals surface area contributed by atoms with E-state index in [-0.39, 0.29) is 17.7 Å². The summed E-state index contributed by atoms with van der Waals surface area (Å²) in [5, 5.41) is 0. The predicted octanol–water partition coefficient (Wildman–Crippen LogP) is 4.38. The standard InChI is InChI=1S/C27H31N3O/c1-21(26(27(28)31)23-12-6-3-7-13-23)24-14-8-9-15-25(24)30-18-16-29(17-19-30)20-22-10-4-2-5-11-22/h2-15,21,26H,16-20H2,1H3,(H2,28,31). The van der Waals surface area contributed by atoms with Gasteiger partial charge in [0.15, 0.2) is 0 Å². The average Bonchev–Trinajstić information content (AvgIpc) is 2.81. The number of benzene rings is 3. The van der Waals surface area contributed by atoms with Crippen LogP contribution in [0.3, 0.4) is 0 Å². The summed E-state index contributed by atoms with van der Waals surface area (Å²) < 4.78 is 0. The van der Waals surface area contributed by atoms with Crippen LogP contribution in [0.4, 0.5) is 5.69 Å². The fourth-order valence-electron chi connectivity index (χ4n) is 4.69. The summed E-state index contributed by atoms with van der Waals surface area (Å²) >= 11 is 0. The molecule has 4 rings (SSSR count). The van der Waals surface area contributed by atoms with Gasteiger partial charge in [0.1, 0.15) is 0 Å². The second kappa shape index (κ2) is 9.80. The normalized spacial score (nSPS) is 16.6. The lowest BCUT2D eigenvalue weighted by Gasteiger charge is -2.38. The molecule has 2 atom stereocenters. The van der Waals surface area contributed by atoms with E-state index in [1.54, 1.807) is 0 Å². The lowest BCUT2D eigenvalue weighted by atomic mass is 9.81. The zero-order chi connectivity index (χ0) is 21.6. The van der Waals surface area contributed by atoms with Gasteiger partial charge in [0.2, 0.25) is 5.91 Å². The fraction of sp³-hybridized carbons (Fsp3) is 0.296. The molecule has 1 aliphatic heterocycles. The Morgan fingerprint density at radius 3 is 2.06 bits per heavy atom. The fourth-order valence-corrected chi connectivity index (χ4v) is 4.69. The summed E-state index contributed by atoms with van der Waals surface area (Å²) in [6.45, 7) is 7.11. The highest BCUT2D eigenvalue weighted by Gasteiger charge is 2.29. The van der Waals surface area contributed by atoms with E-state index < -0.39 is 0 Å². The number of rotatable bonds is 7. The second-order valence-corrected chi connectivity index (χ2v) is 8.39. The Morgan fingerprint density at radius 1 is 0.839 bits per heavy atom. The van der Waals surface area contributed by atoms with Gasteiger partial charge in [-0.25, -0.2) is 0 Å². The van der Waals surface area contributed by atoms with Crippen molar-refractivity contribution < 1.29 is 4.79 Å². The van der Waals surface area contributed by atoms with Crippen LogP contribution < -0.4 is 10.6 Å². The maximum Gasteiger partial charge on any atom is 0.225 e. The smallest absolute Gasteiger partial charge is 0.225 e. The van der Waals surface area contributed by atoms with Crippen molar-refractivity contribution in [2.24, 2.45) is 5.73 Å². The molecule has 0 spiro atoms. The SMILES string of the molecule is CC(c1ccccc1N1CCN(Cc2ccccc2)CC1)C(C(N)=O)c1ccccc1. The van der Waals surface area contributed by atoms with Crippen molar-refractivity contribution in [2.75, 3.05) is 31.1 Å². The van der Waals surface area contributed by atoms with E-state index in [4.69, 9.17) is 5.73 Å². The van der Waals surface area contributed by atoms with Crippen LogP contribution in [0.2, 0.25) is 0 Å². The van der Waals surface area contributed by atoms with Crippen LogP contribution in [-0.2, 0) is 11.3 Å². The molecule has 1 heterocycles. The molecule has 4 heteroatoms. The van der Waals surface area contributed by atoms with Crippen LogP contribution in [0.1, 0.15) is 35.4 Å². The van der Waals surface area contributed by atoms with Gasteiger partial charge in [0.25, 0.3) is 0 Å². The first-order valence-electron chi connectivity index (χ1n) is 11.1. The lowest BCUT2D eigenvalue weighted by molar-refractivity contribution is -0.119. The zero-order valence-corrected chi connectivity index (χ0v) is 18.2. The highest BCUT2D eigenvalue weighted by molar-refractivity contribution is 5.83. The monoisotopic (exact) mass is 413 g/mol. The molecule has 160 valence electrons. The maximum atomic E-state index is 12.4. The van der Waals surface area contributed by atoms with E-state index in [1.165, 1.54) is 16.8 Å². The summed E-state index contributed by atoms with van der Waals surface area (Å²) in [5.41, 5.74) is 10.6. The molecule has 4 nitrogen and oxygen atoms in total. The van der Waals surface area contributed by atoms with Crippen LogP contribution in [-0.4, -0.2) is 37.0 Å². The number of primary amides is 1. The third-order valence-corrected chi connectivity index (χ3v) is 6.35. The first-order valence-corrected chi connectivity index (χ1v) is 11.1. The van der Waals surface area contributed by atoms with Crippen molar-refractivity contribution in [3.05, 3.63) is 102 Å². The number of piperazine rings is 1. The van der Waals surface area contributed by atoms with Crippen molar-refractivity contribution >= 4 is 11.6 Å². The zero-order valence-electron chi connectivity index (χ0n) is 18.2. The molecule has 1 saturated heterocycles. The highest BCUT2D eigenvalue weighted by Crippen LogP contribution is 2.37. The number of nitrogens with two attached hydrogens (primary N) is 1. The van der Waals surface area contributed by atoms with E-state index in [0.29, 0.717) is 0 Å². The van der Waals surface area contributed by atoms with Gasteiger partial charge in [0.05, 0.1) is 5.92 Å². The first-order chi connectivity index (χ1) is 15.1. The van der Waals surface area contributed by atoms with Crippen LogP contribution in [0, 0.1) is 0 Å². The number of hydrogen-bond donors (Lipinski definition) is 1. The van der Waals surface area contributed by atoms with Crippen molar-refractivity contribution in [1.82, 2.24) is 4.90 Å². The molecular formula is C27H31N3O. The van der Waals surface area contributed by atoms with E-state index in [2.05, 4.69) is 71.3 Å². The number of amides is 1. The summed E-state index contributed by atoms with van der Waals surface area (Å²) in [4.78, 5) is 17.4. The number of carbonyl (C=O) groups is 1. The Kier molecular flexibility index (Phi) is 6.68. The van der Waals surface area contributed by atoms with Gasteiger partial charge in [-0.2, -0.15) is 0 Å². The topological polar surface area (TPSA) is 49.6 Å². The molecule has 0 saturated carbocycles. The van der Waals surface area contributed by atoms with Crippen LogP contribution in [0.25, 0.3) is 0 Å². The van der Waals surface area contributed by atoms with Gasteiger partial charge < -0.3 is 10.6 Å². The minimum absolute atomic E-state index is 0.00144. The van der Waals surface area contributed by atoms with Crippen molar-refractivity contribution in [3.8, 4) is 0 Å². The molecule has 0 aromatic heterocycles. The Balaban J connectivity index is 1.50. The van der Waals surface area contributed by atoms with Gasteiger partial charge >= 0.3 is 0 Å². The minimum Gasteiger partial charge on any atom is -0.369 e. The Morgan fingerprint density at radius 2 is 1.42 bits per heavy atom. The summed E-state index contributed by atoms with van der Waals surface area (Å²) in [5.74, 6) is -0.624. The van der Waals surface area contributed by atoms with Crippen molar-refractivity contribution in [3.63, 3.8) is 0 Å². The lowest BCUT2D eigenvalue weighted by Crippen LogP contribution is -2.46. The van der Waals surface area contributed by atoms with Crippen LogP contribution in [0.5, 0.6) is 0 Å². The number of hydrogen-bond acceptors (Lipinski definition) is 3. The summed E-state index contributed by atoms with van der Waals surface area (Å²) in [7, 11) is 0. The number of anilines is 1. The minimum atomic E-state index is -0.346. The van der Waals surface area contributed by atoms with Crippen LogP contribution in [0.15, 0.2) is 84.9 Å². The number of carbonyl (C=O) groups excluding carboxylic acids is 1. The second-order valence-electron chi connectivity index (χ2n) is 8.39. The molecular weight excluding hydrogens is 382 g/mol. The molecule has 0 radical (unpaired) electrons. The van der Waals surface area contributed by atoms with E-state index >= 15 is 0 Å². The third-order valence-electron chi connectivity index (χ3n) is 6.35. The van der Waals surface area contributed by atoms with Gasteiger partial charge in [-0.05, 0) is 28.7 Å². The Bertz CT molecular complexity index is 982. The molecule has 1 fully saturated rings. The number of nitrogens with zero attached hydrogens (tertiary/aromatic N) is 2. The average molecular weight is 414 g/mol. The van der Waals surface area contributed by atoms with Crippen molar-refractivity contribution in [2.45, 2.75) is 25.3 Å². The molecule has 2 unspecified atom stereocenters. The largest absolute Gasteiger partial charge is 0.369 e. The van der Waals surface area contributed by atoms with Gasteiger partial charge in [0, 0.05) is 38.4 Å². The molecule has 1 aliphatic rings. The third kappa shape index (κ3) is 4.97. The van der Waals surface area contributed by atoms with Crippen LogP contribution >= 0.6 is 0 Å². The summed E-state index contributed by atoms with van der Waals surface area (Å²) in [6.07, 6.45) is 0. The molecule has 0 aliphatic carbocycles. The van der Waals surface area contributed by atoms with E-state index in [9.17, 15) is 4.79 Å². The summed E-state index contributed by atoms with van der Waals surface area (Å²) in [6, 6.07) is 29.0. The van der Waals surface area contributed by atoms with Crippen molar-refractivity contribution in [1.29, 1.82) is 0 Å². The number of para-hydroxylation sites is 1. The van der Waals surface area contributed by atoms with Gasteiger partial charge in [-0.1, -0.05) is 85.8 Å². The molecule has 1 amide bonds. The maximum absolute atomic E-state index is 12.4. The Labute approximate surface area is 185 Å². The molecule has 0 bridgehead atoms. The Hall–Kier alpha value is -3.11. The molecule has 3 aromatic rings. The van der Waals surface area contributed by atoms with E-state index in [0.717, 1.165) is 38.3 Å².